The van der Waals surface area contributed by atoms with Crippen LogP contribution in [0.1, 0.15) is 25.3 Å². The van der Waals surface area contributed by atoms with E-state index in [1.165, 1.54) is 24.7 Å². The second kappa shape index (κ2) is 5.19. The number of likely N-dealkylation sites (N-methyl/N-ethyl adjacent to an activating group) is 1. The van der Waals surface area contributed by atoms with Gasteiger partial charge in [-0.2, -0.15) is 0 Å². The van der Waals surface area contributed by atoms with Gasteiger partial charge in [0.2, 0.25) is 0 Å². The summed E-state index contributed by atoms with van der Waals surface area (Å²) in [5.41, 5.74) is 4.40. The molecule has 1 aromatic rings. The number of hydrogen-bond acceptors (Lipinski definition) is 4. The van der Waals surface area contributed by atoms with E-state index in [1.807, 2.05) is 6.20 Å². The van der Waals surface area contributed by atoms with E-state index >= 15 is 0 Å². The molecular weight excluding hydrogens is 248 g/mol. The maximum atomic E-state index is 7.61. The Kier molecular flexibility index (Phi) is 3.38. The van der Waals surface area contributed by atoms with Gasteiger partial charge in [-0.25, -0.2) is 0 Å². The van der Waals surface area contributed by atoms with E-state index < -0.39 is 0 Å². The zero-order valence-electron chi connectivity index (χ0n) is 12.1. The lowest BCUT2D eigenvalue weighted by atomic mass is 10.0. The summed E-state index contributed by atoms with van der Waals surface area (Å²) < 4.78 is 0. The number of fused-ring (bicyclic) bond motifs is 1. The van der Waals surface area contributed by atoms with Gasteiger partial charge in [-0.3, -0.25) is 0 Å². The Morgan fingerprint density at radius 2 is 2.25 bits per heavy atom. The number of nitrogens with zero attached hydrogens (tertiary/aromatic N) is 1. The zero-order valence-corrected chi connectivity index (χ0v) is 12.1. The molecule has 106 valence electrons. The lowest BCUT2D eigenvalue weighted by molar-refractivity contribution is 0.699. The van der Waals surface area contributed by atoms with Gasteiger partial charge in [-0.1, -0.05) is 6.07 Å². The van der Waals surface area contributed by atoms with Crippen molar-refractivity contribution in [3.63, 3.8) is 0 Å². The van der Waals surface area contributed by atoms with Crippen LogP contribution >= 0.6 is 0 Å². The summed E-state index contributed by atoms with van der Waals surface area (Å²) in [6, 6.07) is 7.50. The fraction of sp³-hybridized carbons (Fsp3) is 0.438. The summed E-state index contributed by atoms with van der Waals surface area (Å²) in [7, 11) is 2.13. The zero-order chi connectivity index (χ0) is 14.1. The van der Waals surface area contributed by atoms with Crippen molar-refractivity contribution < 1.29 is 0 Å². The highest BCUT2D eigenvalue weighted by atomic mass is 15.2. The van der Waals surface area contributed by atoms with E-state index in [-0.39, 0.29) is 0 Å². The molecule has 1 saturated carbocycles. The minimum atomic E-state index is 0.502. The molecule has 1 unspecified atom stereocenters. The van der Waals surface area contributed by atoms with E-state index in [0.717, 1.165) is 23.4 Å². The smallest absolute Gasteiger partial charge is 0.0602 e. The summed E-state index contributed by atoms with van der Waals surface area (Å²) in [4.78, 5) is 2.30. The first-order chi connectivity index (χ1) is 9.69. The Balaban J connectivity index is 1.87. The molecule has 0 saturated heterocycles. The van der Waals surface area contributed by atoms with Gasteiger partial charge in [0.25, 0.3) is 0 Å². The second-order valence-electron chi connectivity index (χ2n) is 5.76. The van der Waals surface area contributed by atoms with Crippen LogP contribution in [0.5, 0.6) is 0 Å². The van der Waals surface area contributed by atoms with E-state index in [2.05, 4.69) is 47.7 Å². The van der Waals surface area contributed by atoms with Crippen LogP contribution in [0, 0.1) is 5.41 Å². The van der Waals surface area contributed by atoms with Crippen LogP contribution < -0.4 is 15.5 Å². The third-order valence-electron chi connectivity index (χ3n) is 4.17. The first-order valence-electron chi connectivity index (χ1n) is 7.27. The number of nitrogens with one attached hydrogen (secondary N) is 3. The largest absolute Gasteiger partial charge is 0.388 e. The average molecular weight is 270 g/mol. The highest BCUT2D eigenvalue weighted by Crippen LogP contribution is 2.32. The average Bonchev–Trinajstić information content (AvgIpc) is 3.28. The van der Waals surface area contributed by atoms with Crippen LogP contribution in [0.4, 0.5) is 11.4 Å². The molecule has 3 rings (SSSR count). The molecule has 1 aliphatic carbocycles. The maximum absolute atomic E-state index is 7.61. The first kappa shape index (κ1) is 13.0. The van der Waals surface area contributed by atoms with Crippen molar-refractivity contribution in [3.05, 3.63) is 30.0 Å². The lowest BCUT2D eigenvalue weighted by Gasteiger charge is -2.35. The van der Waals surface area contributed by atoms with Crippen LogP contribution in [-0.4, -0.2) is 31.9 Å². The molecule has 1 aliphatic heterocycles. The van der Waals surface area contributed by atoms with Gasteiger partial charge in [-0.05, 0) is 37.5 Å². The van der Waals surface area contributed by atoms with E-state index in [0.29, 0.717) is 12.1 Å². The second-order valence-corrected chi connectivity index (χ2v) is 5.76. The van der Waals surface area contributed by atoms with Crippen LogP contribution in [0.25, 0.3) is 5.57 Å². The van der Waals surface area contributed by atoms with E-state index in [1.54, 1.807) is 0 Å². The van der Waals surface area contributed by atoms with Gasteiger partial charge in [0.05, 0.1) is 11.4 Å². The molecule has 1 atom stereocenters. The van der Waals surface area contributed by atoms with Crippen molar-refractivity contribution in [1.82, 2.24) is 5.32 Å². The standard InChI is InChI=1S/C16H22N4/c1-11-9-19-15-7-12(3-6-16(15)20(11)2)13(8-17)10-18-14-4-5-14/h3,6-8,10-11,14,17-19H,4-5,9H2,1-2H3/b13-10+,17-8?. The summed E-state index contributed by atoms with van der Waals surface area (Å²) in [6.45, 7) is 3.17. The van der Waals surface area contributed by atoms with Crippen LogP contribution in [0.3, 0.4) is 0 Å². The molecule has 0 bridgehead atoms. The van der Waals surface area contributed by atoms with Gasteiger partial charge in [0, 0.05) is 43.7 Å². The van der Waals surface area contributed by atoms with E-state index in [9.17, 15) is 0 Å². The third-order valence-corrected chi connectivity index (χ3v) is 4.17. The Labute approximate surface area is 120 Å². The molecule has 1 fully saturated rings. The maximum Gasteiger partial charge on any atom is 0.0602 e. The van der Waals surface area contributed by atoms with Gasteiger partial charge in [0.15, 0.2) is 0 Å². The predicted octanol–water partition coefficient (Wildman–Crippen LogP) is 2.68. The number of anilines is 2. The molecule has 0 spiro atoms. The molecule has 4 nitrogen and oxygen atoms in total. The Hall–Kier alpha value is -1.97. The predicted molar refractivity (Wildman–Crippen MR) is 85.7 cm³/mol. The summed E-state index contributed by atoms with van der Waals surface area (Å²) in [5, 5.41) is 14.4. The van der Waals surface area contributed by atoms with Crippen molar-refractivity contribution >= 4 is 23.2 Å². The molecule has 0 radical (unpaired) electrons. The highest BCUT2D eigenvalue weighted by Gasteiger charge is 2.21. The molecule has 20 heavy (non-hydrogen) atoms. The Morgan fingerprint density at radius 1 is 1.45 bits per heavy atom. The lowest BCUT2D eigenvalue weighted by Crippen LogP contribution is -2.39. The monoisotopic (exact) mass is 270 g/mol. The minimum Gasteiger partial charge on any atom is -0.388 e. The molecular formula is C16H22N4. The van der Waals surface area contributed by atoms with Crippen molar-refractivity contribution in [2.45, 2.75) is 31.8 Å². The van der Waals surface area contributed by atoms with Gasteiger partial charge in [-0.15, -0.1) is 0 Å². The first-order valence-corrected chi connectivity index (χ1v) is 7.27. The molecule has 0 amide bonds. The highest BCUT2D eigenvalue weighted by molar-refractivity contribution is 6.08. The number of rotatable bonds is 4. The van der Waals surface area contributed by atoms with Gasteiger partial charge < -0.3 is 20.9 Å². The molecule has 0 aromatic heterocycles. The van der Waals surface area contributed by atoms with Gasteiger partial charge >= 0.3 is 0 Å². The quantitative estimate of drug-likeness (QED) is 0.737. The molecule has 2 aliphatic rings. The number of hydrogen-bond donors (Lipinski definition) is 3. The molecule has 3 N–H and O–H groups in total. The molecule has 4 heteroatoms. The van der Waals surface area contributed by atoms with Crippen LogP contribution in [0.2, 0.25) is 0 Å². The van der Waals surface area contributed by atoms with E-state index in [4.69, 9.17) is 5.41 Å². The normalized spacial score (nSPS) is 22.0. The van der Waals surface area contributed by atoms with Crippen molar-refractivity contribution in [2.24, 2.45) is 0 Å². The van der Waals surface area contributed by atoms with Crippen LogP contribution in [0.15, 0.2) is 24.4 Å². The molecule has 1 heterocycles. The Morgan fingerprint density at radius 3 is 2.95 bits per heavy atom. The fourth-order valence-corrected chi connectivity index (χ4v) is 2.46. The number of benzene rings is 1. The SMILES string of the molecule is CC1CNc2cc(/C(C=N)=C/NC3CC3)ccc2N1C. The summed E-state index contributed by atoms with van der Waals surface area (Å²) in [5.74, 6) is 0. The topological polar surface area (TPSA) is 51.2 Å². The summed E-state index contributed by atoms with van der Waals surface area (Å²) in [6.07, 6.45) is 5.89. The third kappa shape index (κ3) is 2.50. The van der Waals surface area contributed by atoms with Crippen molar-refractivity contribution in [3.8, 4) is 0 Å². The summed E-state index contributed by atoms with van der Waals surface area (Å²) >= 11 is 0. The Bertz CT molecular complexity index is 545. The van der Waals surface area contributed by atoms with Gasteiger partial charge in [0.1, 0.15) is 0 Å². The van der Waals surface area contributed by atoms with Crippen molar-refractivity contribution in [1.29, 1.82) is 5.41 Å². The van der Waals surface area contributed by atoms with Crippen molar-refractivity contribution in [2.75, 3.05) is 23.8 Å². The fourth-order valence-electron chi connectivity index (χ4n) is 2.46. The number of allylic oxidation sites excluding steroid dienone is 1. The van der Waals surface area contributed by atoms with Crippen LogP contribution in [-0.2, 0) is 0 Å². The minimum absolute atomic E-state index is 0.502. The molecule has 1 aromatic carbocycles.